The summed E-state index contributed by atoms with van der Waals surface area (Å²) in [4.78, 5) is 19.1. The fourth-order valence-corrected chi connectivity index (χ4v) is 2.17. The number of halogens is 1. The van der Waals surface area contributed by atoms with Crippen LogP contribution in [0.2, 0.25) is 5.02 Å². The molecule has 0 bridgehead atoms. The molecule has 1 heterocycles. The first kappa shape index (κ1) is 12.6. The van der Waals surface area contributed by atoms with Gasteiger partial charge in [0.15, 0.2) is 0 Å². The molecule has 0 amide bonds. The minimum absolute atomic E-state index is 0.138. The van der Waals surface area contributed by atoms with Crippen LogP contribution in [0.15, 0.2) is 53.3 Å². The molecular weight excluding hydrogens is 272 g/mol. The van der Waals surface area contributed by atoms with Crippen molar-refractivity contribution < 1.29 is 0 Å². The first-order chi connectivity index (χ1) is 9.72. The van der Waals surface area contributed by atoms with E-state index < -0.39 is 0 Å². The standard InChI is InChI=1S/C16H11ClN2O/c17-12-5-3-4-11(10-12)8-9-15-18-14-7-2-1-6-13(14)16(20)19-15/h1-10H,(H,18,19,20)/b9-8+. The van der Waals surface area contributed by atoms with Gasteiger partial charge in [-0.25, -0.2) is 4.98 Å². The molecule has 0 aliphatic rings. The van der Waals surface area contributed by atoms with Gasteiger partial charge in [0.25, 0.3) is 5.56 Å². The van der Waals surface area contributed by atoms with Gasteiger partial charge < -0.3 is 4.98 Å². The van der Waals surface area contributed by atoms with Crippen molar-refractivity contribution in [1.29, 1.82) is 0 Å². The van der Waals surface area contributed by atoms with Crippen LogP contribution in [-0.2, 0) is 0 Å². The Labute approximate surface area is 120 Å². The van der Waals surface area contributed by atoms with E-state index in [9.17, 15) is 4.79 Å². The van der Waals surface area contributed by atoms with Crippen molar-refractivity contribution >= 4 is 34.7 Å². The van der Waals surface area contributed by atoms with Crippen molar-refractivity contribution in [1.82, 2.24) is 9.97 Å². The van der Waals surface area contributed by atoms with Gasteiger partial charge in [0.1, 0.15) is 5.82 Å². The summed E-state index contributed by atoms with van der Waals surface area (Å²) >= 11 is 5.92. The number of nitrogens with one attached hydrogen (secondary N) is 1. The SMILES string of the molecule is O=c1[nH]c(/C=C/c2cccc(Cl)c2)nc2ccccc12. The number of hydrogen-bond donors (Lipinski definition) is 1. The number of H-pyrrole nitrogens is 1. The van der Waals surface area contributed by atoms with Crippen molar-refractivity contribution in [3.63, 3.8) is 0 Å². The van der Waals surface area contributed by atoms with E-state index >= 15 is 0 Å². The molecule has 0 unspecified atom stereocenters. The second-order valence-electron chi connectivity index (χ2n) is 4.36. The Bertz CT molecular complexity index is 852. The lowest BCUT2D eigenvalue weighted by Crippen LogP contribution is -2.09. The van der Waals surface area contributed by atoms with E-state index in [1.807, 2.05) is 48.5 Å². The number of rotatable bonds is 2. The van der Waals surface area contributed by atoms with E-state index in [0.717, 1.165) is 5.56 Å². The van der Waals surface area contributed by atoms with Crippen LogP contribution in [0.5, 0.6) is 0 Å². The topological polar surface area (TPSA) is 45.8 Å². The van der Waals surface area contributed by atoms with Crippen LogP contribution < -0.4 is 5.56 Å². The quantitative estimate of drug-likeness (QED) is 0.778. The number of fused-ring (bicyclic) bond motifs is 1. The minimum atomic E-state index is -0.138. The molecule has 3 rings (SSSR count). The molecule has 4 heteroatoms. The molecule has 0 saturated carbocycles. The monoisotopic (exact) mass is 282 g/mol. The Morgan fingerprint density at radius 1 is 1.05 bits per heavy atom. The van der Waals surface area contributed by atoms with E-state index in [-0.39, 0.29) is 5.56 Å². The summed E-state index contributed by atoms with van der Waals surface area (Å²) in [6.45, 7) is 0. The molecule has 0 saturated heterocycles. The lowest BCUT2D eigenvalue weighted by Gasteiger charge is -1.98. The molecule has 98 valence electrons. The zero-order chi connectivity index (χ0) is 13.9. The molecular formula is C16H11ClN2O. The van der Waals surface area contributed by atoms with Gasteiger partial charge in [-0.1, -0.05) is 41.9 Å². The molecule has 3 aromatic rings. The van der Waals surface area contributed by atoms with Crippen LogP contribution >= 0.6 is 11.6 Å². The van der Waals surface area contributed by atoms with E-state index in [1.54, 1.807) is 12.1 Å². The highest BCUT2D eigenvalue weighted by Gasteiger charge is 2.00. The van der Waals surface area contributed by atoms with Gasteiger partial charge in [0.05, 0.1) is 10.9 Å². The summed E-state index contributed by atoms with van der Waals surface area (Å²) in [7, 11) is 0. The second kappa shape index (κ2) is 5.31. The van der Waals surface area contributed by atoms with E-state index in [0.29, 0.717) is 21.7 Å². The normalized spacial score (nSPS) is 11.2. The van der Waals surface area contributed by atoms with Gasteiger partial charge >= 0.3 is 0 Å². The van der Waals surface area contributed by atoms with E-state index in [2.05, 4.69) is 9.97 Å². The zero-order valence-corrected chi connectivity index (χ0v) is 11.3. The van der Waals surface area contributed by atoms with Gasteiger partial charge in [0.2, 0.25) is 0 Å². The van der Waals surface area contributed by atoms with Crippen molar-refractivity contribution in [3.8, 4) is 0 Å². The smallest absolute Gasteiger partial charge is 0.259 e. The molecule has 20 heavy (non-hydrogen) atoms. The molecule has 0 aliphatic carbocycles. The number of aromatic amines is 1. The van der Waals surface area contributed by atoms with Crippen LogP contribution in [0.4, 0.5) is 0 Å². The van der Waals surface area contributed by atoms with Gasteiger partial charge in [-0.2, -0.15) is 0 Å². The molecule has 3 nitrogen and oxygen atoms in total. The first-order valence-corrected chi connectivity index (χ1v) is 6.53. The molecule has 0 aliphatic heterocycles. The third-order valence-corrected chi connectivity index (χ3v) is 3.15. The largest absolute Gasteiger partial charge is 0.306 e. The molecule has 0 radical (unpaired) electrons. The van der Waals surface area contributed by atoms with Gasteiger partial charge in [-0.3, -0.25) is 4.79 Å². The maximum Gasteiger partial charge on any atom is 0.259 e. The van der Waals surface area contributed by atoms with Gasteiger partial charge in [-0.05, 0) is 35.9 Å². The Morgan fingerprint density at radius 3 is 2.75 bits per heavy atom. The molecule has 0 fully saturated rings. The van der Waals surface area contributed by atoms with E-state index in [1.165, 1.54) is 0 Å². The predicted molar refractivity (Wildman–Crippen MR) is 82.7 cm³/mol. The van der Waals surface area contributed by atoms with Crippen molar-refractivity contribution in [2.24, 2.45) is 0 Å². The van der Waals surface area contributed by atoms with Crippen molar-refractivity contribution in [2.75, 3.05) is 0 Å². The van der Waals surface area contributed by atoms with Crippen molar-refractivity contribution in [2.45, 2.75) is 0 Å². The molecule has 0 atom stereocenters. The Balaban J connectivity index is 2.01. The lowest BCUT2D eigenvalue weighted by atomic mass is 10.2. The maximum absolute atomic E-state index is 11.9. The molecule has 0 spiro atoms. The maximum atomic E-state index is 11.9. The summed E-state index contributed by atoms with van der Waals surface area (Å²) in [6, 6.07) is 14.7. The Hall–Kier alpha value is -2.39. The van der Waals surface area contributed by atoms with Gasteiger partial charge in [-0.15, -0.1) is 0 Å². The second-order valence-corrected chi connectivity index (χ2v) is 4.79. The minimum Gasteiger partial charge on any atom is -0.306 e. The van der Waals surface area contributed by atoms with Crippen LogP contribution in [0.25, 0.3) is 23.1 Å². The van der Waals surface area contributed by atoms with Crippen LogP contribution in [0.3, 0.4) is 0 Å². The highest BCUT2D eigenvalue weighted by molar-refractivity contribution is 6.30. The number of para-hydroxylation sites is 1. The van der Waals surface area contributed by atoms with Crippen LogP contribution in [-0.4, -0.2) is 9.97 Å². The lowest BCUT2D eigenvalue weighted by molar-refractivity contribution is 1.14. The zero-order valence-electron chi connectivity index (χ0n) is 10.5. The predicted octanol–water partition coefficient (Wildman–Crippen LogP) is 3.75. The summed E-state index contributed by atoms with van der Waals surface area (Å²) in [5.41, 5.74) is 1.50. The fraction of sp³-hybridized carbons (Fsp3) is 0. The number of nitrogens with zero attached hydrogens (tertiary/aromatic N) is 1. The Morgan fingerprint density at radius 2 is 1.90 bits per heavy atom. The third kappa shape index (κ3) is 2.63. The van der Waals surface area contributed by atoms with Gasteiger partial charge in [0, 0.05) is 5.02 Å². The van der Waals surface area contributed by atoms with E-state index in [4.69, 9.17) is 11.6 Å². The first-order valence-electron chi connectivity index (χ1n) is 6.15. The van der Waals surface area contributed by atoms with Crippen LogP contribution in [0.1, 0.15) is 11.4 Å². The number of aromatic nitrogens is 2. The number of hydrogen-bond acceptors (Lipinski definition) is 2. The average Bonchev–Trinajstić information content (AvgIpc) is 2.45. The average molecular weight is 283 g/mol. The highest BCUT2D eigenvalue weighted by Crippen LogP contribution is 2.13. The molecule has 1 aromatic heterocycles. The summed E-state index contributed by atoms with van der Waals surface area (Å²) < 4.78 is 0. The fourth-order valence-electron chi connectivity index (χ4n) is 1.97. The molecule has 2 aromatic carbocycles. The highest BCUT2D eigenvalue weighted by atomic mass is 35.5. The summed E-state index contributed by atoms with van der Waals surface area (Å²) in [5, 5.41) is 1.26. The van der Waals surface area contributed by atoms with Crippen LogP contribution in [0, 0.1) is 0 Å². The van der Waals surface area contributed by atoms with Crippen molar-refractivity contribution in [3.05, 3.63) is 75.3 Å². The third-order valence-electron chi connectivity index (χ3n) is 2.91. The number of benzene rings is 2. The summed E-state index contributed by atoms with van der Waals surface area (Å²) in [6.07, 6.45) is 3.62. The summed E-state index contributed by atoms with van der Waals surface area (Å²) in [5.74, 6) is 0.522. The molecule has 1 N–H and O–H groups in total. The Kier molecular flexibility index (Phi) is 3.35.